The van der Waals surface area contributed by atoms with Gasteiger partial charge in [0, 0.05) is 6.04 Å². The molecule has 2 nitrogen and oxygen atoms in total. The highest BCUT2D eigenvalue weighted by Gasteiger charge is 2.59. The monoisotopic (exact) mass is 298 g/mol. The van der Waals surface area contributed by atoms with Crippen LogP contribution in [0.15, 0.2) is 18.3 Å². The topological polar surface area (TPSA) is 24.9 Å². The summed E-state index contributed by atoms with van der Waals surface area (Å²) in [6.07, 6.45) is 0.565. The van der Waals surface area contributed by atoms with E-state index in [0.717, 1.165) is 6.07 Å². The smallest absolute Gasteiger partial charge is 0.380 e. The van der Waals surface area contributed by atoms with Crippen LogP contribution in [0, 0.1) is 16.7 Å². The highest BCUT2D eigenvalue weighted by molar-refractivity contribution is 5.44. The molecule has 0 saturated heterocycles. The lowest BCUT2D eigenvalue weighted by Gasteiger charge is -2.43. The van der Waals surface area contributed by atoms with Crippen LogP contribution in [0.4, 0.5) is 18.9 Å². The van der Waals surface area contributed by atoms with Gasteiger partial charge < -0.3 is 5.32 Å². The number of aromatic nitrogens is 1. The molecule has 1 N–H and O–H groups in total. The zero-order chi connectivity index (χ0) is 15.5. The lowest BCUT2D eigenvalue weighted by atomic mass is 9.68. The third-order valence-electron chi connectivity index (χ3n) is 5.63. The Morgan fingerprint density at radius 2 is 1.95 bits per heavy atom. The summed E-state index contributed by atoms with van der Waals surface area (Å²) in [7, 11) is 0. The summed E-state index contributed by atoms with van der Waals surface area (Å²) < 4.78 is 37.6. The molecular formula is C16H21F3N2. The minimum absolute atomic E-state index is 0.162. The second-order valence-corrected chi connectivity index (χ2v) is 7.42. The van der Waals surface area contributed by atoms with E-state index in [9.17, 15) is 13.2 Å². The first-order chi connectivity index (χ1) is 9.63. The average molecular weight is 298 g/mol. The third kappa shape index (κ3) is 2.30. The van der Waals surface area contributed by atoms with Gasteiger partial charge in [0.15, 0.2) is 0 Å². The van der Waals surface area contributed by atoms with Gasteiger partial charge in [-0.3, -0.25) is 0 Å². The molecule has 2 bridgehead atoms. The molecule has 1 aromatic heterocycles. The second-order valence-electron chi connectivity index (χ2n) is 7.42. The Morgan fingerprint density at radius 3 is 2.43 bits per heavy atom. The first kappa shape index (κ1) is 14.7. The molecule has 0 aromatic carbocycles. The molecule has 2 saturated carbocycles. The summed E-state index contributed by atoms with van der Waals surface area (Å²) >= 11 is 0. The fraction of sp³-hybridized carbons (Fsp3) is 0.688. The van der Waals surface area contributed by atoms with Gasteiger partial charge in [-0.2, -0.15) is 13.2 Å². The molecule has 2 aliphatic rings. The van der Waals surface area contributed by atoms with Crippen LogP contribution >= 0.6 is 0 Å². The van der Waals surface area contributed by atoms with E-state index in [1.54, 1.807) is 0 Å². The van der Waals surface area contributed by atoms with E-state index in [-0.39, 0.29) is 16.9 Å². The summed E-state index contributed by atoms with van der Waals surface area (Å²) in [6, 6.07) is 2.81. The Bertz CT molecular complexity index is 531. The van der Waals surface area contributed by atoms with Crippen LogP contribution in [0.5, 0.6) is 0 Å². The number of nitrogens with one attached hydrogen (secondary N) is 1. The third-order valence-corrected chi connectivity index (χ3v) is 5.63. The lowest BCUT2D eigenvalue weighted by Crippen LogP contribution is -2.45. The van der Waals surface area contributed by atoms with Gasteiger partial charge in [-0.05, 0) is 48.1 Å². The predicted molar refractivity (Wildman–Crippen MR) is 75.9 cm³/mol. The molecule has 2 aliphatic carbocycles. The van der Waals surface area contributed by atoms with E-state index < -0.39 is 11.9 Å². The maximum absolute atomic E-state index is 12.5. The molecule has 1 heterocycles. The van der Waals surface area contributed by atoms with Gasteiger partial charge in [0.2, 0.25) is 0 Å². The Kier molecular flexibility index (Phi) is 3.05. The molecule has 0 radical (unpaired) electrons. The van der Waals surface area contributed by atoms with Gasteiger partial charge >= 0.3 is 6.18 Å². The van der Waals surface area contributed by atoms with E-state index >= 15 is 0 Å². The molecule has 2 fully saturated rings. The highest BCUT2D eigenvalue weighted by Crippen LogP contribution is 2.63. The molecule has 0 amide bonds. The normalized spacial score (nSPS) is 34.2. The number of alkyl halides is 3. The van der Waals surface area contributed by atoms with Crippen LogP contribution in [0.25, 0.3) is 0 Å². The predicted octanol–water partition coefficient (Wildman–Crippen LogP) is 4.73. The Labute approximate surface area is 123 Å². The Balaban J connectivity index is 1.81. The maximum atomic E-state index is 12.5. The molecule has 21 heavy (non-hydrogen) atoms. The first-order valence-corrected chi connectivity index (χ1v) is 7.43. The lowest BCUT2D eigenvalue weighted by molar-refractivity contribution is -0.141. The van der Waals surface area contributed by atoms with Crippen LogP contribution in [-0.2, 0) is 6.18 Å². The summed E-state index contributed by atoms with van der Waals surface area (Å²) in [5, 5.41) is 3.45. The minimum Gasteiger partial charge on any atom is -0.380 e. The van der Waals surface area contributed by atoms with Crippen molar-refractivity contribution < 1.29 is 13.2 Å². The summed E-state index contributed by atoms with van der Waals surface area (Å²) in [5.41, 5.74) is 0.230. The van der Waals surface area contributed by atoms with Crippen molar-refractivity contribution in [3.05, 3.63) is 24.0 Å². The number of anilines is 1. The molecular weight excluding hydrogens is 277 g/mol. The molecule has 1 unspecified atom stereocenters. The van der Waals surface area contributed by atoms with Gasteiger partial charge in [-0.25, -0.2) is 4.98 Å². The SMILES string of the molecule is CC1(C)C(Nc2ccc(C(F)(F)F)nc2)[C@]2(C)CC[C@H]1C2. The number of hydrogen-bond donors (Lipinski definition) is 1. The van der Waals surface area contributed by atoms with E-state index in [0.29, 0.717) is 11.6 Å². The number of nitrogens with zero attached hydrogens (tertiary/aromatic N) is 1. The molecule has 0 aliphatic heterocycles. The molecule has 5 heteroatoms. The Morgan fingerprint density at radius 1 is 1.24 bits per heavy atom. The summed E-state index contributed by atoms with van der Waals surface area (Å²) in [5.74, 6) is 0.697. The quantitative estimate of drug-likeness (QED) is 0.854. The van der Waals surface area contributed by atoms with Crippen molar-refractivity contribution in [3.63, 3.8) is 0 Å². The van der Waals surface area contributed by atoms with Gasteiger partial charge in [0.1, 0.15) is 5.69 Å². The minimum atomic E-state index is -4.38. The van der Waals surface area contributed by atoms with Crippen molar-refractivity contribution in [2.24, 2.45) is 16.7 Å². The van der Waals surface area contributed by atoms with E-state index in [1.165, 1.54) is 31.5 Å². The fourth-order valence-corrected chi connectivity index (χ4v) is 4.48. The van der Waals surface area contributed by atoms with E-state index in [1.807, 2.05) is 0 Å². The van der Waals surface area contributed by atoms with Crippen molar-refractivity contribution >= 4 is 5.69 Å². The van der Waals surface area contributed by atoms with Crippen molar-refractivity contribution in [1.29, 1.82) is 0 Å². The molecule has 0 spiro atoms. The van der Waals surface area contributed by atoms with Gasteiger partial charge in [-0.1, -0.05) is 20.8 Å². The average Bonchev–Trinajstić information content (AvgIpc) is 2.85. The number of halogens is 3. The van der Waals surface area contributed by atoms with E-state index in [4.69, 9.17) is 0 Å². The van der Waals surface area contributed by atoms with Gasteiger partial charge in [-0.15, -0.1) is 0 Å². The van der Waals surface area contributed by atoms with Crippen molar-refractivity contribution in [1.82, 2.24) is 4.98 Å². The van der Waals surface area contributed by atoms with Crippen molar-refractivity contribution in [2.75, 3.05) is 5.32 Å². The second kappa shape index (κ2) is 4.37. The summed E-state index contributed by atoms with van der Waals surface area (Å²) in [4.78, 5) is 3.54. The number of fused-ring (bicyclic) bond motifs is 2. The zero-order valence-corrected chi connectivity index (χ0v) is 12.6. The highest BCUT2D eigenvalue weighted by atomic mass is 19.4. The molecule has 3 rings (SSSR count). The summed E-state index contributed by atoms with van der Waals surface area (Å²) in [6.45, 7) is 6.81. The van der Waals surface area contributed by atoms with Crippen molar-refractivity contribution in [2.45, 2.75) is 52.3 Å². The van der Waals surface area contributed by atoms with Crippen LogP contribution < -0.4 is 5.32 Å². The number of hydrogen-bond acceptors (Lipinski definition) is 2. The van der Waals surface area contributed by atoms with Gasteiger partial charge in [0.05, 0.1) is 11.9 Å². The van der Waals surface area contributed by atoms with Crippen LogP contribution in [-0.4, -0.2) is 11.0 Å². The zero-order valence-electron chi connectivity index (χ0n) is 12.6. The molecule has 116 valence electrons. The first-order valence-electron chi connectivity index (χ1n) is 7.43. The van der Waals surface area contributed by atoms with Gasteiger partial charge in [0.25, 0.3) is 0 Å². The largest absolute Gasteiger partial charge is 0.433 e. The van der Waals surface area contributed by atoms with Crippen LogP contribution in [0.1, 0.15) is 45.7 Å². The van der Waals surface area contributed by atoms with Crippen LogP contribution in [0.2, 0.25) is 0 Å². The fourth-order valence-electron chi connectivity index (χ4n) is 4.48. The molecule has 3 atom stereocenters. The van der Waals surface area contributed by atoms with Crippen molar-refractivity contribution in [3.8, 4) is 0 Å². The van der Waals surface area contributed by atoms with E-state index in [2.05, 4.69) is 31.1 Å². The molecule has 1 aromatic rings. The number of rotatable bonds is 2. The number of pyridine rings is 1. The standard InChI is InChI=1S/C16H21F3N2/c1-14(2)10-6-7-15(3,8-10)13(14)21-11-4-5-12(20-9-11)16(17,18)19/h4-5,9-10,13,21H,6-8H2,1-3H3/t10-,13?,15+/m0/s1. The Hall–Kier alpha value is -1.26. The maximum Gasteiger partial charge on any atom is 0.433 e. The van der Waals surface area contributed by atoms with Crippen LogP contribution in [0.3, 0.4) is 0 Å².